The van der Waals surface area contributed by atoms with Crippen molar-refractivity contribution < 1.29 is 0 Å². The summed E-state index contributed by atoms with van der Waals surface area (Å²) in [5.41, 5.74) is 2.19. The van der Waals surface area contributed by atoms with Gasteiger partial charge in [-0.25, -0.2) is 9.50 Å². The van der Waals surface area contributed by atoms with Gasteiger partial charge in [0.2, 0.25) is 5.16 Å². The van der Waals surface area contributed by atoms with Crippen LogP contribution >= 0.6 is 11.8 Å². The van der Waals surface area contributed by atoms with E-state index in [1.165, 1.54) is 0 Å². The minimum absolute atomic E-state index is 0.807. The van der Waals surface area contributed by atoms with E-state index in [9.17, 15) is 0 Å². The Balaban J connectivity index is 2.71. The van der Waals surface area contributed by atoms with E-state index >= 15 is 0 Å². The number of hydrogen-bond donors (Lipinski definition) is 0. The summed E-state index contributed by atoms with van der Waals surface area (Å²) < 4.78 is 1.90. The highest BCUT2D eigenvalue weighted by Gasteiger charge is 1.99. The summed E-state index contributed by atoms with van der Waals surface area (Å²) in [7, 11) is 0. The maximum atomic E-state index is 4.32. The van der Waals surface area contributed by atoms with Gasteiger partial charge in [-0.1, -0.05) is 11.8 Å². The molecule has 0 spiro atoms. The van der Waals surface area contributed by atoms with Crippen LogP contribution in [-0.4, -0.2) is 20.9 Å². The SMILES string of the molecule is CSc1ncc2ccc(C)n2n1. The smallest absolute Gasteiger partial charge is 0.207 e. The molecule has 0 saturated carbocycles. The summed E-state index contributed by atoms with van der Waals surface area (Å²) in [4.78, 5) is 4.17. The molecule has 0 N–H and O–H groups in total. The third kappa shape index (κ3) is 1.08. The standard InChI is InChI=1S/C8H9N3S/c1-6-3-4-7-5-9-8(12-2)10-11(6)7/h3-5H,1-2H3. The van der Waals surface area contributed by atoms with Crippen molar-refractivity contribution in [3.8, 4) is 0 Å². The zero-order valence-electron chi connectivity index (χ0n) is 6.98. The molecule has 2 aromatic rings. The Morgan fingerprint density at radius 2 is 2.25 bits per heavy atom. The van der Waals surface area contributed by atoms with Gasteiger partial charge in [-0.15, -0.1) is 5.10 Å². The number of fused-ring (bicyclic) bond motifs is 1. The number of hydrogen-bond acceptors (Lipinski definition) is 3. The van der Waals surface area contributed by atoms with Crippen molar-refractivity contribution in [2.45, 2.75) is 12.1 Å². The lowest BCUT2D eigenvalue weighted by Crippen LogP contribution is -1.96. The minimum Gasteiger partial charge on any atom is -0.234 e. The third-order valence-corrected chi connectivity index (χ3v) is 2.30. The Kier molecular flexibility index (Phi) is 1.77. The fraction of sp³-hybridized carbons (Fsp3) is 0.250. The molecule has 2 aromatic heterocycles. The molecule has 0 aliphatic rings. The fourth-order valence-corrected chi connectivity index (χ4v) is 1.43. The Labute approximate surface area is 74.8 Å². The predicted octanol–water partition coefficient (Wildman–Crippen LogP) is 1.76. The van der Waals surface area contributed by atoms with E-state index in [4.69, 9.17) is 0 Å². The van der Waals surface area contributed by atoms with Crippen molar-refractivity contribution in [1.82, 2.24) is 14.6 Å². The molecule has 0 aromatic carbocycles. The fourth-order valence-electron chi connectivity index (χ4n) is 1.11. The predicted molar refractivity (Wildman–Crippen MR) is 49.5 cm³/mol. The zero-order valence-corrected chi connectivity index (χ0v) is 7.80. The van der Waals surface area contributed by atoms with Gasteiger partial charge in [-0.05, 0) is 25.3 Å². The average molecular weight is 179 g/mol. The first-order chi connectivity index (χ1) is 5.81. The molecule has 0 atom stereocenters. The molecule has 2 heterocycles. The highest BCUT2D eigenvalue weighted by molar-refractivity contribution is 7.98. The molecular weight excluding hydrogens is 170 g/mol. The molecule has 0 unspecified atom stereocenters. The molecule has 0 bridgehead atoms. The molecule has 62 valence electrons. The molecular formula is C8H9N3S. The number of nitrogens with zero attached hydrogens (tertiary/aromatic N) is 3. The first-order valence-corrected chi connectivity index (χ1v) is 4.89. The van der Waals surface area contributed by atoms with E-state index in [1.807, 2.05) is 36.0 Å². The monoisotopic (exact) mass is 179 g/mol. The Hall–Kier alpha value is -1.03. The Morgan fingerprint density at radius 1 is 1.42 bits per heavy atom. The molecule has 0 amide bonds. The number of aryl methyl sites for hydroxylation is 1. The second kappa shape index (κ2) is 2.79. The molecule has 0 saturated heterocycles. The van der Waals surface area contributed by atoms with Crippen LogP contribution in [0.15, 0.2) is 23.5 Å². The van der Waals surface area contributed by atoms with Crippen LogP contribution in [0.4, 0.5) is 0 Å². The van der Waals surface area contributed by atoms with Crippen LogP contribution in [0.3, 0.4) is 0 Å². The van der Waals surface area contributed by atoms with Crippen molar-refractivity contribution >= 4 is 17.3 Å². The van der Waals surface area contributed by atoms with Crippen molar-refractivity contribution in [3.63, 3.8) is 0 Å². The van der Waals surface area contributed by atoms with E-state index in [2.05, 4.69) is 10.1 Å². The van der Waals surface area contributed by atoms with E-state index < -0.39 is 0 Å². The Bertz CT molecular complexity index is 408. The van der Waals surface area contributed by atoms with Gasteiger partial charge in [-0.2, -0.15) is 0 Å². The quantitative estimate of drug-likeness (QED) is 0.625. The van der Waals surface area contributed by atoms with Crippen LogP contribution in [0.25, 0.3) is 5.52 Å². The largest absolute Gasteiger partial charge is 0.234 e. The molecule has 0 fully saturated rings. The van der Waals surface area contributed by atoms with Gasteiger partial charge in [0.1, 0.15) is 0 Å². The summed E-state index contributed by atoms with van der Waals surface area (Å²) in [5.74, 6) is 0. The van der Waals surface area contributed by atoms with Gasteiger partial charge >= 0.3 is 0 Å². The molecule has 3 nitrogen and oxygen atoms in total. The molecule has 0 radical (unpaired) electrons. The summed E-state index contributed by atoms with van der Waals surface area (Å²) >= 11 is 1.55. The summed E-state index contributed by atoms with van der Waals surface area (Å²) in [6.07, 6.45) is 3.81. The van der Waals surface area contributed by atoms with Gasteiger partial charge in [0, 0.05) is 5.69 Å². The van der Waals surface area contributed by atoms with Crippen LogP contribution in [0.5, 0.6) is 0 Å². The van der Waals surface area contributed by atoms with Gasteiger partial charge in [-0.3, -0.25) is 0 Å². The number of rotatable bonds is 1. The summed E-state index contributed by atoms with van der Waals surface area (Å²) in [5, 5.41) is 5.13. The minimum atomic E-state index is 0.807. The van der Waals surface area contributed by atoms with E-state index in [1.54, 1.807) is 11.8 Å². The van der Waals surface area contributed by atoms with Gasteiger partial charge < -0.3 is 0 Å². The average Bonchev–Trinajstić information content (AvgIpc) is 2.47. The first kappa shape index (κ1) is 7.61. The molecule has 0 aliphatic carbocycles. The van der Waals surface area contributed by atoms with E-state index in [-0.39, 0.29) is 0 Å². The number of aromatic nitrogens is 3. The molecule has 4 heteroatoms. The normalized spacial score (nSPS) is 10.8. The summed E-state index contributed by atoms with van der Waals surface area (Å²) in [6, 6.07) is 4.05. The topological polar surface area (TPSA) is 30.2 Å². The molecule has 0 aliphatic heterocycles. The van der Waals surface area contributed by atoms with Gasteiger partial charge in [0.05, 0.1) is 11.7 Å². The van der Waals surface area contributed by atoms with Crippen LogP contribution in [0.2, 0.25) is 0 Å². The maximum Gasteiger partial charge on any atom is 0.207 e. The van der Waals surface area contributed by atoms with Gasteiger partial charge in [0.15, 0.2) is 0 Å². The van der Waals surface area contributed by atoms with E-state index in [0.29, 0.717) is 0 Å². The highest BCUT2D eigenvalue weighted by atomic mass is 32.2. The van der Waals surface area contributed by atoms with Crippen LogP contribution in [-0.2, 0) is 0 Å². The second-order valence-corrected chi connectivity index (χ2v) is 3.33. The lowest BCUT2D eigenvalue weighted by molar-refractivity contribution is 0.780. The first-order valence-electron chi connectivity index (χ1n) is 3.66. The van der Waals surface area contributed by atoms with E-state index in [0.717, 1.165) is 16.4 Å². The highest BCUT2D eigenvalue weighted by Crippen LogP contribution is 2.10. The lowest BCUT2D eigenvalue weighted by atomic mass is 10.5. The van der Waals surface area contributed by atoms with Crippen LogP contribution < -0.4 is 0 Å². The Morgan fingerprint density at radius 3 is 3.00 bits per heavy atom. The van der Waals surface area contributed by atoms with Crippen molar-refractivity contribution in [1.29, 1.82) is 0 Å². The second-order valence-electron chi connectivity index (χ2n) is 2.56. The lowest BCUT2D eigenvalue weighted by Gasteiger charge is -1.97. The number of thioether (sulfide) groups is 1. The molecule has 12 heavy (non-hydrogen) atoms. The molecule has 2 rings (SSSR count). The third-order valence-electron chi connectivity index (χ3n) is 1.75. The van der Waals surface area contributed by atoms with Gasteiger partial charge in [0.25, 0.3) is 0 Å². The van der Waals surface area contributed by atoms with Crippen LogP contribution in [0.1, 0.15) is 5.69 Å². The van der Waals surface area contributed by atoms with Crippen LogP contribution in [0, 0.1) is 6.92 Å². The van der Waals surface area contributed by atoms with Crippen molar-refractivity contribution in [2.75, 3.05) is 6.26 Å². The summed E-state index contributed by atoms with van der Waals surface area (Å²) in [6.45, 7) is 2.03. The zero-order chi connectivity index (χ0) is 8.55. The maximum absolute atomic E-state index is 4.32. The van der Waals surface area contributed by atoms with Crippen molar-refractivity contribution in [2.24, 2.45) is 0 Å². The van der Waals surface area contributed by atoms with Crippen molar-refractivity contribution in [3.05, 3.63) is 24.0 Å².